The first-order valence-corrected chi connectivity index (χ1v) is 8.76. The topological polar surface area (TPSA) is 71.3 Å². The molecule has 0 aliphatic rings. The Kier molecular flexibility index (Phi) is 5.90. The van der Waals surface area contributed by atoms with Crippen LogP contribution in [0, 0.1) is 18.3 Å². The molecule has 1 N–H and O–H groups in total. The molecule has 1 aromatic carbocycles. The molecule has 0 bridgehead atoms. The summed E-state index contributed by atoms with van der Waals surface area (Å²) in [5, 5.41) is 11.7. The van der Waals surface area contributed by atoms with Crippen LogP contribution in [0.4, 0.5) is 10.5 Å². The number of amides is 1. The van der Waals surface area contributed by atoms with E-state index in [-0.39, 0.29) is 0 Å². The van der Waals surface area contributed by atoms with E-state index < -0.39 is 6.09 Å². The molecule has 0 unspecified atom stereocenters. The third kappa shape index (κ3) is 4.41. The molecule has 5 nitrogen and oxygen atoms in total. The van der Waals surface area contributed by atoms with Crippen molar-refractivity contribution in [1.82, 2.24) is 0 Å². The van der Waals surface area contributed by atoms with Gasteiger partial charge in [0.05, 0.1) is 16.9 Å². The van der Waals surface area contributed by atoms with Gasteiger partial charge in [-0.05, 0) is 43.0 Å². The van der Waals surface area contributed by atoms with Gasteiger partial charge in [-0.15, -0.1) is 23.1 Å². The lowest BCUT2D eigenvalue weighted by Gasteiger charge is -2.10. The molecule has 7 heteroatoms. The molecule has 2 rings (SSSR count). The summed E-state index contributed by atoms with van der Waals surface area (Å²) < 4.78 is 11.3. The van der Waals surface area contributed by atoms with Gasteiger partial charge in [0, 0.05) is 10.6 Å². The Hall–Kier alpha value is -2.17. The Morgan fingerprint density at radius 2 is 2.22 bits per heavy atom. The average molecular weight is 348 g/mol. The lowest BCUT2D eigenvalue weighted by Crippen LogP contribution is -2.11. The number of methoxy groups -OCH3 is 1. The van der Waals surface area contributed by atoms with Crippen LogP contribution in [0.25, 0.3) is 0 Å². The summed E-state index contributed by atoms with van der Waals surface area (Å²) in [7, 11) is 1.32. The minimum atomic E-state index is -0.506. The maximum absolute atomic E-state index is 11.2. The van der Waals surface area contributed by atoms with Crippen molar-refractivity contribution in [1.29, 1.82) is 5.26 Å². The molecule has 0 atom stereocenters. The van der Waals surface area contributed by atoms with E-state index in [1.807, 2.05) is 25.3 Å². The van der Waals surface area contributed by atoms with Crippen molar-refractivity contribution < 1.29 is 14.3 Å². The highest BCUT2D eigenvalue weighted by Gasteiger charge is 2.09. The minimum Gasteiger partial charge on any atom is -0.488 e. The lowest BCUT2D eigenvalue weighted by molar-refractivity contribution is 0.187. The summed E-state index contributed by atoms with van der Waals surface area (Å²) in [6.45, 7) is 2.28. The zero-order valence-electron chi connectivity index (χ0n) is 13.0. The third-order valence-electron chi connectivity index (χ3n) is 3.06. The Bertz CT molecular complexity index is 750. The second kappa shape index (κ2) is 7.90. The number of carbonyl (C=O) groups excluding carboxylic acids is 1. The summed E-state index contributed by atoms with van der Waals surface area (Å²) in [5.74, 6) is 0.704. The summed E-state index contributed by atoms with van der Waals surface area (Å²) in [5.41, 5.74) is 2.24. The van der Waals surface area contributed by atoms with Crippen molar-refractivity contribution in [3.05, 3.63) is 40.3 Å². The molecular formula is C16H16N2O3S2. The number of hydrogen-bond acceptors (Lipinski definition) is 6. The van der Waals surface area contributed by atoms with Gasteiger partial charge < -0.3 is 9.47 Å². The molecule has 0 spiro atoms. The standard InChI is InChI=1S/C16H16N2O3S2/c1-10-6-12(4-5-14(10)18-16(19)20-2)21-9-13-7-11(8-17)15(22-3)23-13/h4-7H,9H2,1-3H3,(H,18,19). The number of nitriles is 1. The van der Waals surface area contributed by atoms with E-state index in [1.165, 1.54) is 7.11 Å². The number of hydrogen-bond donors (Lipinski definition) is 1. The Morgan fingerprint density at radius 3 is 2.78 bits per heavy atom. The van der Waals surface area contributed by atoms with E-state index >= 15 is 0 Å². The molecule has 0 saturated heterocycles. The summed E-state index contributed by atoms with van der Waals surface area (Å²) in [4.78, 5) is 12.2. The summed E-state index contributed by atoms with van der Waals surface area (Å²) >= 11 is 3.13. The van der Waals surface area contributed by atoms with Crippen LogP contribution in [0.15, 0.2) is 28.5 Å². The number of benzene rings is 1. The molecule has 0 fully saturated rings. The molecule has 0 saturated carbocycles. The van der Waals surface area contributed by atoms with Crippen LogP contribution >= 0.6 is 23.1 Å². The lowest BCUT2D eigenvalue weighted by atomic mass is 10.2. The van der Waals surface area contributed by atoms with E-state index in [0.29, 0.717) is 23.6 Å². The quantitative estimate of drug-likeness (QED) is 0.811. The number of thiophene rings is 1. The molecule has 120 valence electrons. The number of carbonyl (C=O) groups is 1. The predicted octanol–water partition coefficient (Wildman–Crippen LogP) is 4.41. The van der Waals surface area contributed by atoms with Gasteiger partial charge in [-0.2, -0.15) is 5.26 Å². The van der Waals surface area contributed by atoms with Gasteiger partial charge in [0.2, 0.25) is 0 Å². The summed E-state index contributed by atoms with van der Waals surface area (Å²) in [6, 6.07) is 9.44. The molecular weight excluding hydrogens is 332 g/mol. The van der Waals surface area contributed by atoms with Gasteiger partial charge in [-0.3, -0.25) is 5.32 Å². The van der Waals surface area contributed by atoms with Gasteiger partial charge in [0.1, 0.15) is 18.4 Å². The van der Waals surface area contributed by atoms with E-state index in [2.05, 4.69) is 16.1 Å². The van der Waals surface area contributed by atoms with Crippen LogP contribution in [0.5, 0.6) is 5.75 Å². The number of ether oxygens (including phenoxy) is 2. The van der Waals surface area contributed by atoms with Gasteiger partial charge in [0.15, 0.2) is 0 Å². The second-order valence-corrected chi connectivity index (χ2v) is 6.82. The van der Waals surface area contributed by atoms with E-state index in [9.17, 15) is 4.79 Å². The van der Waals surface area contributed by atoms with Crippen molar-refractivity contribution in [2.45, 2.75) is 17.7 Å². The maximum atomic E-state index is 11.2. The zero-order valence-corrected chi connectivity index (χ0v) is 14.6. The van der Waals surface area contributed by atoms with Crippen LogP contribution in [0.3, 0.4) is 0 Å². The largest absolute Gasteiger partial charge is 0.488 e. The first kappa shape index (κ1) is 17.2. The Morgan fingerprint density at radius 1 is 1.43 bits per heavy atom. The third-order valence-corrected chi connectivity index (χ3v) is 5.30. The number of nitrogens with zero attached hydrogens (tertiary/aromatic N) is 1. The minimum absolute atomic E-state index is 0.406. The number of nitrogens with one attached hydrogen (secondary N) is 1. The van der Waals surface area contributed by atoms with E-state index in [4.69, 9.17) is 10.00 Å². The summed E-state index contributed by atoms with van der Waals surface area (Å²) in [6.07, 6.45) is 1.45. The average Bonchev–Trinajstić information content (AvgIpc) is 2.97. The molecule has 23 heavy (non-hydrogen) atoms. The van der Waals surface area contributed by atoms with E-state index in [1.54, 1.807) is 35.2 Å². The number of aryl methyl sites for hydroxylation is 1. The SMILES string of the molecule is COC(=O)Nc1ccc(OCc2cc(C#N)c(SC)s2)cc1C. The van der Waals surface area contributed by atoms with Gasteiger partial charge in [-0.25, -0.2) is 4.79 Å². The number of anilines is 1. The normalized spacial score (nSPS) is 10.0. The highest BCUT2D eigenvalue weighted by Crippen LogP contribution is 2.31. The number of rotatable bonds is 5. The van der Waals surface area contributed by atoms with Crippen molar-refractivity contribution in [3.8, 4) is 11.8 Å². The van der Waals surface area contributed by atoms with Crippen molar-refractivity contribution in [3.63, 3.8) is 0 Å². The number of thioether (sulfide) groups is 1. The van der Waals surface area contributed by atoms with Crippen LogP contribution in [-0.4, -0.2) is 19.5 Å². The second-order valence-electron chi connectivity index (χ2n) is 4.61. The van der Waals surface area contributed by atoms with Gasteiger partial charge in [0.25, 0.3) is 0 Å². The molecule has 1 amide bonds. The first-order chi connectivity index (χ1) is 11.1. The van der Waals surface area contributed by atoms with Crippen LogP contribution in [0.2, 0.25) is 0 Å². The fourth-order valence-electron chi connectivity index (χ4n) is 1.91. The Labute approximate surface area is 143 Å². The predicted molar refractivity (Wildman–Crippen MR) is 92.4 cm³/mol. The fourth-order valence-corrected chi connectivity index (χ4v) is 3.63. The molecule has 0 aliphatic heterocycles. The molecule has 1 aromatic heterocycles. The molecule has 1 heterocycles. The Balaban J connectivity index is 2.04. The monoisotopic (exact) mass is 348 g/mol. The van der Waals surface area contributed by atoms with E-state index in [0.717, 1.165) is 14.6 Å². The van der Waals surface area contributed by atoms with Crippen LogP contribution in [0.1, 0.15) is 16.0 Å². The van der Waals surface area contributed by atoms with Crippen molar-refractivity contribution in [2.75, 3.05) is 18.7 Å². The molecule has 0 radical (unpaired) electrons. The van der Waals surface area contributed by atoms with Crippen molar-refractivity contribution in [2.24, 2.45) is 0 Å². The molecule has 2 aromatic rings. The highest BCUT2D eigenvalue weighted by molar-refractivity contribution is 8.00. The zero-order chi connectivity index (χ0) is 16.8. The van der Waals surface area contributed by atoms with Crippen molar-refractivity contribution >= 4 is 34.9 Å². The smallest absolute Gasteiger partial charge is 0.411 e. The highest BCUT2D eigenvalue weighted by atomic mass is 32.2. The maximum Gasteiger partial charge on any atom is 0.411 e. The van der Waals surface area contributed by atoms with Gasteiger partial charge in [-0.1, -0.05) is 0 Å². The van der Waals surface area contributed by atoms with Crippen LogP contribution < -0.4 is 10.1 Å². The fraction of sp³-hybridized carbons (Fsp3) is 0.250. The van der Waals surface area contributed by atoms with Crippen LogP contribution in [-0.2, 0) is 11.3 Å². The first-order valence-electron chi connectivity index (χ1n) is 6.72. The van der Waals surface area contributed by atoms with Gasteiger partial charge >= 0.3 is 6.09 Å². The molecule has 0 aliphatic carbocycles.